The number of rotatable bonds is 5. The summed E-state index contributed by atoms with van der Waals surface area (Å²) in [6.07, 6.45) is 3.37. The van der Waals surface area contributed by atoms with E-state index in [2.05, 4.69) is 5.32 Å². The highest BCUT2D eigenvalue weighted by molar-refractivity contribution is 8.00. The van der Waals surface area contributed by atoms with E-state index in [1.54, 1.807) is 0 Å². The topological polar surface area (TPSA) is 55.1 Å². The lowest BCUT2D eigenvalue weighted by Gasteiger charge is -2.15. The molecular formula is C9H18N2OS. The summed E-state index contributed by atoms with van der Waals surface area (Å²) in [5, 5.41) is 3.90. The Labute approximate surface area is 83.8 Å². The first-order valence-electron chi connectivity index (χ1n) is 4.88. The number of carbonyl (C=O) groups is 1. The summed E-state index contributed by atoms with van der Waals surface area (Å²) in [6, 6.07) is -0.138. The molecule has 0 aromatic carbocycles. The predicted molar refractivity (Wildman–Crippen MR) is 56.8 cm³/mol. The maximum Gasteiger partial charge on any atom is 0.234 e. The van der Waals surface area contributed by atoms with E-state index < -0.39 is 0 Å². The Morgan fingerprint density at radius 2 is 2.54 bits per heavy atom. The van der Waals surface area contributed by atoms with Crippen LogP contribution in [-0.2, 0) is 4.79 Å². The summed E-state index contributed by atoms with van der Waals surface area (Å²) in [5.74, 6) is 1.03. The molecule has 0 saturated carbocycles. The molecule has 0 radical (unpaired) electrons. The number of thioether (sulfide) groups is 1. The normalized spacial score (nSPS) is 24.5. The highest BCUT2D eigenvalue weighted by Gasteiger charge is 2.18. The second kappa shape index (κ2) is 5.50. The molecular weight excluding hydrogens is 184 g/mol. The molecule has 1 heterocycles. The molecule has 0 aromatic rings. The number of nitrogens with one attached hydrogen (secondary N) is 1. The zero-order valence-corrected chi connectivity index (χ0v) is 8.90. The van der Waals surface area contributed by atoms with E-state index in [1.165, 1.54) is 18.6 Å². The van der Waals surface area contributed by atoms with Gasteiger partial charge in [0.2, 0.25) is 5.91 Å². The predicted octanol–water partition coefficient (Wildman–Crippen LogP) is 0.735. The van der Waals surface area contributed by atoms with Crippen LogP contribution in [0.15, 0.2) is 0 Å². The monoisotopic (exact) mass is 202 g/mol. The highest BCUT2D eigenvalue weighted by atomic mass is 32.2. The van der Waals surface area contributed by atoms with Gasteiger partial charge in [0.15, 0.2) is 0 Å². The maximum atomic E-state index is 10.9. The van der Waals surface area contributed by atoms with Crippen LogP contribution in [-0.4, -0.2) is 29.5 Å². The van der Waals surface area contributed by atoms with Gasteiger partial charge in [-0.1, -0.05) is 6.92 Å². The molecule has 1 rings (SSSR count). The van der Waals surface area contributed by atoms with E-state index in [1.807, 2.05) is 18.7 Å². The standard InChI is InChI=1S/C9H18N2OS/c1-2-8(9(10)12)11-6-7-4-3-5-13-7/h7-8,11H,2-6H2,1H3,(H2,10,12). The van der Waals surface area contributed by atoms with Crippen LogP contribution >= 0.6 is 11.8 Å². The van der Waals surface area contributed by atoms with Crippen LogP contribution in [0.2, 0.25) is 0 Å². The average Bonchev–Trinajstić information content (AvgIpc) is 2.57. The molecule has 1 amide bonds. The number of hydrogen-bond acceptors (Lipinski definition) is 3. The average molecular weight is 202 g/mol. The van der Waals surface area contributed by atoms with Crippen molar-refractivity contribution >= 4 is 17.7 Å². The summed E-state index contributed by atoms with van der Waals surface area (Å²) in [5.41, 5.74) is 5.22. The summed E-state index contributed by atoms with van der Waals surface area (Å²) < 4.78 is 0. The third kappa shape index (κ3) is 3.56. The smallest absolute Gasteiger partial charge is 0.234 e. The van der Waals surface area contributed by atoms with E-state index in [0.717, 1.165) is 13.0 Å². The van der Waals surface area contributed by atoms with Crippen molar-refractivity contribution in [3.63, 3.8) is 0 Å². The maximum absolute atomic E-state index is 10.9. The van der Waals surface area contributed by atoms with Crippen molar-refractivity contribution in [3.8, 4) is 0 Å². The number of amides is 1. The first kappa shape index (κ1) is 10.9. The van der Waals surface area contributed by atoms with Crippen LogP contribution < -0.4 is 11.1 Å². The molecule has 13 heavy (non-hydrogen) atoms. The van der Waals surface area contributed by atoms with Crippen molar-refractivity contribution in [3.05, 3.63) is 0 Å². The largest absolute Gasteiger partial charge is 0.368 e. The van der Waals surface area contributed by atoms with Gasteiger partial charge in [-0.2, -0.15) is 11.8 Å². The van der Waals surface area contributed by atoms with E-state index in [9.17, 15) is 4.79 Å². The Balaban J connectivity index is 2.18. The van der Waals surface area contributed by atoms with E-state index in [4.69, 9.17) is 5.73 Å². The minimum absolute atomic E-state index is 0.138. The third-order valence-electron chi connectivity index (χ3n) is 2.37. The molecule has 76 valence electrons. The fourth-order valence-corrected chi connectivity index (χ4v) is 2.74. The van der Waals surface area contributed by atoms with E-state index in [-0.39, 0.29) is 11.9 Å². The first-order chi connectivity index (χ1) is 6.24. The third-order valence-corrected chi connectivity index (χ3v) is 3.77. The second-order valence-corrected chi connectivity index (χ2v) is 4.81. The molecule has 3 N–H and O–H groups in total. The number of hydrogen-bond donors (Lipinski definition) is 2. The van der Waals surface area contributed by atoms with Crippen LogP contribution in [0.1, 0.15) is 26.2 Å². The van der Waals surface area contributed by atoms with Gasteiger partial charge >= 0.3 is 0 Å². The van der Waals surface area contributed by atoms with Gasteiger partial charge in [0, 0.05) is 11.8 Å². The van der Waals surface area contributed by atoms with Gasteiger partial charge in [-0.15, -0.1) is 0 Å². The van der Waals surface area contributed by atoms with Gasteiger partial charge < -0.3 is 11.1 Å². The Bertz CT molecular complexity index is 169. The SMILES string of the molecule is CCC(NCC1CCCS1)C(N)=O. The van der Waals surface area contributed by atoms with Gasteiger partial charge in [0.25, 0.3) is 0 Å². The van der Waals surface area contributed by atoms with Gasteiger partial charge in [-0.3, -0.25) is 4.79 Å². The summed E-state index contributed by atoms with van der Waals surface area (Å²) in [6.45, 7) is 2.90. The fourth-order valence-electron chi connectivity index (χ4n) is 1.53. The Hall–Kier alpha value is -0.220. The molecule has 1 saturated heterocycles. The zero-order chi connectivity index (χ0) is 9.68. The summed E-state index contributed by atoms with van der Waals surface area (Å²) in [4.78, 5) is 10.9. The lowest BCUT2D eigenvalue weighted by molar-refractivity contribution is -0.120. The van der Waals surface area contributed by atoms with Crippen molar-refractivity contribution in [2.24, 2.45) is 5.73 Å². The number of carbonyl (C=O) groups excluding carboxylic acids is 1. The van der Waals surface area contributed by atoms with Crippen LogP contribution in [0.25, 0.3) is 0 Å². The van der Waals surface area contributed by atoms with Crippen molar-refractivity contribution in [2.75, 3.05) is 12.3 Å². The minimum Gasteiger partial charge on any atom is -0.368 e. The molecule has 1 aliphatic heterocycles. The highest BCUT2D eigenvalue weighted by Crippen LogP contribution is 2.25. The van der Waals surface area contributed by atoms with Crippen molar-refractivity contribution in [2.45, 2.75) is 37.5 Å². The van der Waals surface area contributed by atoms with Crippen molar-refractivity contribution in [1.29, 1.82) is 0 Å². The molecule has 0 bridgehead atoms. The van der Waals surface area contributed by atoms with Crippen LogP contribution in [0.3, 0.4) is 0 Å². The molecule has 1 aliphatic rings. The van der Waals surface area contributed by atoms with Gasteiger partial charge in [0.05, 0.1) is 6.04 Å². The first-order valence-corrected chi connectivity index (χ1v) is 5.93. The lowest BCUT2D eigenvalue weighted by Crippen LogP contribution is -2.43. The molecule has 3 nitrogen and oxygen atoms in total. The molecule has 1 fully saturated rings. The van der Waals surface area contributed by atoms with Gasteiger partial charge in [-0.05, 0) is 25.0 Å². The van der Waals surface area contributed by atoms with Gasteiger partial charge in [0.1, 0.15) is 0 Å². The molecule has 0 aliphatic carbocycles. The molecule has 0 spiro atoms. The van der Waals surface area contributed by atoms with Gasteiger partial charge in [-0.25, -0.2) is 0 Å². The molecule has 2 atom stereocenters. The quantitative estimate of drug-likeness (QED) is 0.691. The lowest BCUT2D eigenvalue weighted by atomic mass is 10.2. The van der Waals surface area contributed by atoms with Crippen molar-refractivity contribution in [1.82, 2.24) is 5.32 Å². The Kier molecular flexibility index (Phi) is 4.59. The zero-order valence-electron chi connectivity index (χ0n) is 8.08. The molecule has 4 heteroatoms. The Morgan fingerprint density at radius 1 is 1.77 bits per heavy atom. The second-order valence-electron chi connectivity index (χ2n) is 3.41. The fraction of sp³-hybridized carbons (Fsp3) is 0.889. The van der Waals surface area contributed by atoms with Crippen LogP contribution in [0.5, 0.6) is 0 Å². The van der Waals surface area contributed by atoms with E-state index in [0.29, 0.717) is 5.25 Å². The summed E-state index contributed by atoms with van der Waals surface area (Å²) in [7, 11) is 0. The number of nitrogens with two attached hydrogens (primary N) is 1. The van der Waals surface area contributed by atoms with E-state index >= 15 is 0 Å². The molecule has 0 aromatic heterocycles. The summed E-state index contributed by atoms with van der Waals surface area (Å²) >= 11 is 1.99. The van der Waals surface area contributed by atoms with Crippen LogP contribution in [0.4, 0.5) is 0 Å². The number of primary amides is 1. The Morgan fingerprint density at radius 3 is 3.00 bits per heavy atom. The molecule has 2 unspecified atom stereocenters. The minimum atomic E-state index is -0.231. The van der Waals surface area contributed by atoms with Crippen molar-refractivity contribution < 1.29 is 4.79 Å². The van der Waals surface area contributed by atoms with Crippen LogP contribution in [0, 0.1) is 0 Å².